The van der Waals surface area contributed by atoms with Crippen LogP contribution in [0.15, 0.2) is 65.3 Å². The van der Waals surface area contributed by atoms with Crippen LogP contribution in [0.1, 0.15) is 28.5 Å². The summed E-state index contributed by atoms with van der Waals surface area (Å²) in [6, 6.07) is 16.1. The van der Waals surface area contributed by atoms with E-state index < -0.39 is 17.6 Å². The third-order valence-electron chi connectivity index (χ3n) is 5.56. The SMILES string of the molecule is Cc1ccc(NC(=O)C(=O)NC[C@H](c2ccco2)N2CCc3ccccc3C2)cc1F. The molecular weight excluding hydrogens is 397 g/mol. The van der Waals surface area contributed by atoms with Crippen molar-refractivity contribution in [3.63, 3.8) is 0 Å². The molecule has 0 spiro atoms. The molecule has 3 aromatic rings. The van der Waals surface area contributed by atoms with E-state index in [-0.39, 0.29) is 18.3 Å². The first-order chi connectivity index (χ1) is 15.0. The predicted molar refractivity (Wildman–Crippen MR) is 115 cm³/mol. The summed E-state index contributed by atoms with van der Waals surface area (Å²) in [6.07, 6.45) is 2.50. The largest absolute Gasteiger partial charge is 0.468 e. The Morgan fingerprint density at radius 1 is 1.10 bits per heavy atom. The first-order valence-electron chi connectivity index (χ1n) is 10.2. The van der Waals surface area contributed by atoms with Gasteiger partial charge in [-0.3, -0.25) is 14.5 Å². The Kier molecular flexibility index (Phi) is 6.13. The van der Waals surface area contributed by atoms with Crippen LogP contribution >= 0.6 is 0 Å². The molecule has 0 aliphatic carbocycles. The van der Waals surface area contributed by atoms with Gasteiger partial charge in [-0.25, -0.2) is 4.39 Å². The fourth-order valence-electron chi connectivity index (χ4n) is 3.80. The van der Waals surface area contributed by atoms with E-state index in [0.29, 0.717) is 5.56 Å². The van der Waals surface area contributed by atoms with Gasteiger partial charge in [0.2, 0.25) is 0 Å². The molecule has 1 atom stereocenters. The second-order valence-corrected chi connectivity index (χ2v) is 7.65. The van der Waals surface area contributed by atoms with Crippen molar-refractivity contribution in [2.45, 2.75) is 25.9 Å². The molecule has 1 aliphatic heterocycles. The number of rotatable bonds is 5. The number of amides is 2. The summed E-state index contributed by atoms with van der Waals surface area (Å²) >= 11 is 0. The van der Waals surface area contributed by atoms with Gasteiger partial charge in [0.25, 0.3) is 0 Å². The van der Waals surface area contributed by atoms with Gasteiger partial charge in [-0.05, 0) is 54.3 Å². The summed E-state index contributed by atoms with van der Waals surface area (Å²) in [5, 5.41) is 5.12. The third kappa shape index (κ3) is 4.83. The second-order valence-electron chi connectivity index (χ2n) is 7.65. The van der Waals surface area contributed by atoms with Crippen molar-refractivity contribution in [1.29, 1.82) is 0 Å². The molecule has 160 valence electrons. The molecule has 7 heteroatoms. The summed E-state index contributed by atoms with van der Waals surface area (Å²) in [7, 11) is 0. The molecule has 2 N–H and O–H groups in total. The highest BCUT2D eigenvalue weighted by Gasteiger charge is 2.28. The highest BCUT2D eigenvalue weighted by molar-refractivity contribution is 6.39. The van der Waals surface area contributed by atoms with Gasteiger partial charge >= 0.3 is 11.8 Å². The normalized spacial score (nSPS) is 14.5. The fraction of sp³-hybridized carbons (Fsp3) is 0.250. The van der Waals surface area contributed by atoms with Gasteiger partial charge in [-0.15, -0.1) is 0 Å². The van der Waals surface area contributed by atoms with Crippen LogP contribution in [0.3, 0.4) is 0 Å². The molecule has 2 heterocycles. The minimum absolute atomic E-state index is 0.211. The van der Waals surface area contributed by atoms with E-state index in [9.17, 15) is 14.0 Å². The molecular formula is C24H24FN3O3. The van der Waals surface area contributed by atoms with Crippen molar-refractivity contribution in [3.8, 4) is 0 Å². The number of carbonyl (C=O) groups excluding carboxylic acids is 2. The molecule has 0 saturated carbocycles. The molecule has 31 heavy (non-hydrogen) atoms. The smallest absolute Gasteiger partial charge is 0.313 e. The average Bonchev–Trinajstić information content (AvgIpc) is 3.31. The maximum absolute atomic E-state index is 13.7. The first kappa shape index (κ1) is 20.8. The fourth-order valence-corrected chi connectivity index (χ4v) is 3.80. The number of aryl methyl sites for hydroxylation is 1. The van der Waals surface area contributed by atoms with Crippen LogP contribution in [0.4, 0.5) is 10.1 Å². The van der Waals surface area contributed by atoms with Crippen molar-refractivity contribution in [2.24, 2.45) is 0 Å². The van der Waals surface area contributed by atoms with Crippen LogP contribution in [-0.2, 0) is 22.6 Å². The van der Waals surface area contributed by atoms with Gasteiger partial charge in [0.1, 0.15) is 11.6 Å². The number of nitrogens with one attached hydrogen (secondary N) is 2. The van der Waals surface area contributed by atoms with Gasteiger partial charge in [-0.2, -0.15) is 0 Å². The molecule has 2 aromatic carbocycles. The number of hydrogen-bond acceptors (Lipinski definition) is 4. The minimum atomic E-state index is -0.842. The number of fused-ring (bicyclic) bond motifs is 1. The van der Waals surface area contributed by atoms with E-state index in [1.807, 2.05) is 18.2 Å². The van der Waals surface area contributed by atoms with Gasteiger partial charge in [-0.1, -0.05) is 30.3 Å². The standard InChI is InChI=1S/C24H24FN3O3/c1-16-8-9-19(13-20(16)25)27-24(30)23(29)26-14-21(22-7-4-12-31-22)28-11-10-17-5-2-3-6-18(17)15-28/h2-9,12-13,21H,10-11,14-15H2,1H3,(H,26,29)(H,27,30)/t21-/m1/s1. The predicted octanol–water partition coefficient (Wildman–Crippen LogP) is 3.58. The van der Waals surface area contributed by atoms with Gasteiger partial charge in [0.05, 0.1) is 12.3 Å². The van der Waals surface area contributed by atoms with Crippen LogP contribution in [0, 0.1) is 12.7 Å². The molecule has 0 bridgehead atoms. The molecule has 4 rings (SSSR count). The molecule has 0 radical (unpaired) electrons. The lowest BCUT2D eigenvalue weighted by atomic mass is 9.98. The average molecular weight is 421 g/mol. The minimum Gasteiger partial charge on any atom is -0.468 e. The number of carbonyl (C=O) groups is 2. The van der Waals surface area contributed by atoms with Crippen molar-refractivity contribution in [3.05, 3.63) is 89.1 Å². The quantitative estimate of drug-likeness (QED) is 0.618. The summed E-state index contributed by atoms with van der Waals surface area (Å²) in [5.74, 6) is -1.34. The summed E-state index contributed by atoms with van der Waals surface area (Å²) in [6.45, 7) is 3.38. The second kappa shape index (κ2) is 9.14. The molecule has 1 aromatic heterocycles. The van der Waals surface area contributed by atoms with Gasteiger partial charge in [0.15, 0.2) is 0 Å². The molecule has 2 amide bonds. The van der Waals surface area contributed by atoms with Crippen molar-refractivity contribution < 1.29 is 18.4 Å². The van der Waals surface area contributed by atoms with Gasteiger partial charge in [0, 0.05) is 25.3 Å². The maximum atomic E-state index is 13.7. The highest BCUT2D eigenvalue weighted by Crippen LogP contribution is 2.27. The van der Waals surface area contributed by atoms with Crippen LogP contribution in [-0.4, -0.2) is 29.8 Å². The Morgan fingerprint density at radius 3 is 2.65 bits per heavy atom. The van der Waals surface area contributed by atoms with Crippen molar-refractivity contribution in [2.75, 3.05) is 18.4 Å². The third-order valence-corrected chi connectivity index (χ3v) is 5.56. The van der Waals surface area contributed by atoms with Crippen LogP contribution < -0.4 is 10.6 Å². The van der Waals surface area contributed by atoms with Crippen LogP contribution in [0.2, 0.25) is 0 Å². The van der Waals surface area contributed by atoms with Crippen LogP contribution in [0.5, 0.6) is 0 Å². The number of anilines is 1. The Hall–Kier alpha value is -3.45. The summed E-state index contributed by atoms with van der Waals surface area (Å²) in [4.78, 5) is 26.9. The lowest BCUT2D eigenvalue weighted by Gasteiger charge is -2.34. The van der Waals surface area contributed by atoms with Crippen molar-refractivity contribution in [1.82, 2.24) is 10.2 Å². The number of nitrogens with zero attached hydrogens (tertiary/aromatic N) is 1. The Balaban J connectivity index is 1.41. The van der Waals surface area contributed by atoms with E-state index in [1.165, 1.54) is 17.2 Å². The zero-order valence-electron chi connectivity index (χ0n) is 17.2. The number of benzene rings is 2. The molecule has 0 fully saturated rings. The van der Waals surface area contributed by atoms with E-state index in [2.05, 4.69) is 27.7 Å². The summed E-state index contributed by atoms with van der Waals surface area (Å²) < 4.78 is 19.3. The molecule has 6 nitrogen and oxygen atoms in total. The Bertz CT molecular complexity index is 1080. The van der Waals surface area contributed by atoms with E-state index in [0.717, 1.165) is 25.3 Å². The van der Waals surface area contributed by atoms with Crippen molar-refractivity contribution >= 4 is 17.5 Å². The van der Waals surface area contributed by atoms with E-state index >= 15 is 0 Å². The monoisotopic (exact) mass is 421 g/mol. The molecule has 0 saturated heterocycles. The lowest BCUT2D eigenvalue weighted by Crippen LogP contribution is -2.43. The first-order valence-corrected chi connectivity index (χ1v) is 10.2. The molecule has 1 aliphatic rings. The Morgan fingerprint density at radius 2 is 1.90 bits per heavy atom. The van der Waals surface area contributed by atoms with Gasteiger partial charge < -0.3 is 15.1 Å². The highest BCUT2D eigenvalue weighted by atomic mass is 19.1. The number of halogens is 1. The number of furan rings is 1. The zero-order chi connectivity index (χ0) is 21.8. The van der Waals surface area contributed by atoms with E-state index in [4.69, 9.17) is 4.42 Å². The maximum Gasteiger partial charge on any atom is 0.313 e. The number of hydrogen-bond donors (Lipinski definition) is 2. The topological polar surface area (TPSA) is 74.6 Å². The van der Waals surface area contributed by atoms with Crippen LogP contribution in [0.25, 0.3) is 0 Å². The molecule has 0 unspecified atom stereocenters. The lowest BCUT2D eigenvalue weighted by molar-refractivity contribution is -0.136. The zero-order valence-corrected chi connectivity index (χ0v) is 17.2. The Labute approximate surface area is 180 Å². The summed E-state index contributed by atoms with van der Waals surface area (Å²) in [5.41, 5.74) is 3.27. The van der Waals surface area contributed by atoms with E-state index in [1.54, 1.807) is 31.4 Å².